The van der Waals surface area contributed by atoms with Crippen LogP contribution in [0.3, 0.4) is 0 Å². The van der Waals surface area contributed by atoms with Gasteiger partial charge in [0.2, 0.25) is 0 Å². The van der Waals surface area contributed by atoms with E-state index in [1.165, 1.54) is 6.07 Å². The molecule has 0 aliphatic rings. The van der Waals surface area contributed by atoms with Crippen molar-refractivity contribution in [1.82, 2.24) is 5.32 Å². The van der Waals surface area contributed by atoms with Crippen molar-refractivity contribution in [2.24, 2.45) is 0 Å². The fraction of sp³-hybridized carbons (Fsp3) is 0.571. The van der Waals surface area contributed by atoms with Gasteiger partial charge in [0.05, 0.1) is 16.7 Å². The lowest BCUT2D eigenvalue weighted by Gasteiger charge is -2.23. The number of aliphatic hydroxyl groups is 1. The van der Waals surface area contributed by atoms with Gasteiger partial charge in [0.1, 0.15) is 5.82 Å². The van der Waals surface area contributed by atoms with Crippen molar-refractivity contribution in [3.05, 3.63) is 34.1 Å². The molecule has 108 valence electrons. The maximum atomic E-state index is 13.1. The van der Waals surface area contributed by atoms with Crippen LogP contribution in [0.25, 0.3) is 0 Å². The van der Waals surface area contributed by atoms with Crippen molar-refractivity contribution >= 4 is 15.9 Å². The number of benzene rings is 1. The highest BCUT2D eigenvalue weighted by atomic mass is 79.9. The summed E-state index contributed by atoms with van der Waals surface area (Å²) in [5.74, 6) is -0.287. The molecule has 3 nitrogen and oxygen atoms in total. The molecule has 1 unspecified atom stereocenters. The minimum atomic E-state index is -0.808. The number of ether oxygens (including phenoxy) is 1. The molecular formula is C14H21BrFNO2. The molecule has 2 N–H and O–H groups in total. The third-order valence-electron chi connectivity index (χ3n) is 2.89. The van der Waals surface area contributed by atoms with Gasteiger partial charge in [-0.1, -0.05) is 6.07 Å². The topological polar surface area (TPSA) is 41.5 Å². The molecule has 0 aliphatic carbocycles. The Morgan fingerprint density at radius 1 is 1.42 bits per heavy atom. The van der Waals surface area contributed by atoms with Crippen LogP contribution < -0.4 is 5.32 Å². The maximum absolute atomic E-state index is 13.1. The van der Waals surface area contributed by atoms with Gasteiger partial charge < -0.3 is 15.2 Å². The number of halogens is 2. The Morgan fingerprint density at radius 3 is 2.79 bits per heavy atom. The minimum Gasteiger partial charge on any atom is -0.390 e. The zero-order chi connectivity index (χ0) is 14.3. The van der Waals surface area contributed by atoms with Crippen LogP contribution in [0, 0.1) is 5.82 Å². The molecule has 0 aliphatic heterocycles. The molecule has 0 heterocycles. The Morgan fingerprint density at radius 2 is 2.16 bits per heavy atom. The van der Waals surface area contributed by atoms with Crippen LogP contribution in [0.2, 0.25) is 0 Å². The molecule has 1 atom stereocenters. The van der Waals surface area contributed by atoms with Gasteiger partial charge in [0.15, 0.2) is 0 Å². The summed E-state index contributed by atoms with van der Waals surface area (Å²) in [6, 6.07) is 4.82. The third kappa shape index (κ3) is 6.47. The molecule has 0 radical (unpaired) electrons. The first-order chi connectivity index (χ1) is 8.94. The molecule has 1 rings (SSSR count). The van der Waals surface area contributed by atoms with Gasteiger partial charge in [-0.15, -0.1) is 0 Å². The smallest absolute Gasteiger partial charge is 0.137 e. The number of hydrogen-bond donors (Lipinski definition) is 2. The first-order valence-electron chi connectivity index (χ1n) is 6.30. The second-order valence-electron chi connectivity index (χ2n) is 4.91. The molecule has 5 heteroatoms. The van der Waals surface area contributed by atoms with E-state index < -0.39 is 5.60 Å². The van der Waals surface area contributed by atoms with Crippen LogP contribution in [0.1, 0.15) is 18.9 Å². The monoisotopic (exact) mass is 333 g/mol. The Hall–Kier alpha value is -0.490. The second kappa shape index (κ2) is 7.94. The van der Waals surface area contributed by atoms with Gasteiger partial charge in [-0.25, -0.2) is 4.39 Å². The molecular weight excluding hydrogens is 313 g/mol. The zero-order valence-electron chi connectivity index (χ0n) is 11.4. The quantitative estimate of drug-likeness (QED) is 0.718. The van der Waals surface area contributed by atoms with Crippen molar-refractivity contribution in [3.63, 3.8) is 0 Å². The summed E-state index contributed by atoms with van der Waals surface area (Å²) in [5.41, 5.74) is 0.104. The van der Waals surface area contributed by atoms with Crippen molar-refractivity contribution in [2.75, 3.05) is 26.8 Å². The van der Waals surface area contributed by atoms with E-state index in [-0.39, 0.29) is 5.82 Å². The van der Waals surface area contributed by atoms with Gasteiger partial charge in [-0.3, -0.25) is 0 Å². The standard InChI is InChI=1S/C14H21BrFNO2/c1-14(18,5-6-17-7-8-19-2)10-11-3-4-13(16)12(15)9-11/h3-4,9,17-18H,5-8,10H2,1-2H3. The normalized spacial score (nSPS) is 14.4. The average molecular weight is 334 g/mol. The molecule has 1 aromatic rings. The highest BCUT2D eigenvalue weighted by Crippen LogP contribution is 2.21. The Bertz CT molecular complexity index is 399. The lowest BCUT2D eigenvalue weighted by molar-refractivity contribution is 0.0510. The van der Waals surface area contributed by atoms with Crippen LogP contribution in [-0.4, -0.2) is 37.5 Å². The molecule has 1 aromatic carbocycles. The van der Waals surface area contributed by atoms with Crippen molar-refractivity contribution in [1.29, 1.82) is 0 Å². The fourth-order valence-electron chi connectivity index (χ4n) is 1.83. The van der Waals surface area contributed by atoms with Crippen LogP contribution in [0.4, 0.5) is 4.39 Å². The van der Waals surface area contributed by atoms with Crippen LogP contribution >= 0.6 is 15.9 Å². The molecule has 0 fully saturated rings. The summed E-state index contributed by atoms with van der Waals surface area (Å²) in [7, 11) is 1.66. The van der Waals surface area contributed by atoms with Crippen molar-refractivity contribution < 1.29 is 14.2 Å². The first kappa shape index (κ1) is 16.6. The van der Waals surface area contributed by atoms with Gasteiger partial charge >= 0.3 is 0 Å². The third-order valence-corrected chi connectivity index (χ3v) is 3.50. The molecule has 0 aromatic heterocycles. The lowest BCUT2D eigenvalue weighted by atomic mass is 9.93. The summed E-state index contributed by atoms with van der Waals surface area (Å²) < 4.78 is 18.5. The number of nitrogens with one attached hydrogen (secondary N) is 1. The SMILES string of the molecule is COCCNCCC(C)(O)Cc1ccc(F)c(Br)c1. The highest BCUT2D eigenvalue weighted by molar-refractivity contribution is 9.10. The highest BCUT2D eigenvalue weighted by Gasteiger charge is 2.20. The lowest BCUT2D eigenvalue weighted by Crippen LogP contribution is -2.33. The molecule has 0 bridgehead atoms. The molecule has 0 saturated heterocycles. The van der Waals surface area contributed by atoms with E-state index in [2.05, 4.69) is 21.2 Å². The summed E-state index contributed by atoms with van der Waals surface area (Å²) >= 11 is 3.15. The molecule has 0 amide bonds. The van der Waals surface area contributed by atoms with E-state index in [0.717, 1.165) is 18.7 Å². The van der Waals surface area contributed by atoms with E-state index in [0.29, 0.717) is 23.9 Å². The fourth-order valence-corrected chi connectivity index (χ4v) is 2.26. The molecule has 0 saturated carbocycles. The van der Waals surface area contributed by atoms with Gasteiger partial charge in [-0.05, 0) is 53.5 Å². The van der Waals surface area contributed by atoms with Gasteiger partial charge in [0.25, 0.3) is 0 Å². The predicted octanol–water partition coefficient (Wildman–Crippen LogP) is 2.51. The van der Waals surface area contributed by atoms with E-state index >= 15 is 0 Å². The van der Waals surface area contributed by atoms with Crippen molar-refractivity contribution in [3.8, 4) is 0 Å². The number of rotatable bonds is 8. The molecule has 19 heavy (non-hydrogen) atoms. The van der Waals surface area contributed by atoms with Crippen LogP contribution in [0.15, 0.2) is 22.7 Å². The van der Waals surface area contributed by atoms with Gasteiger partial charge in [0, 0.05) is 20.1 Å². The van der Waals surface area contributed by atoms with Crippen LogP contribution in [-0.2, 0) is 11.2 Å². The van der Waals surface area contributed by atoms with Crippen LogP contribution in [0.5, 0.6) is 0 Å². The summed E-state index contributed by atoms with van der Waals surface area (Å²) in [5, 5.41) is 13.5. The summed E-state index contributed by atoms with van der Waals surface area (Å²) in [4.78, 5) is 0. The zero-order valence-corrected chi connectivity index (χ0v) is 13.0. The largest absolute Gasteiger partial charge is 0.390 e. The average Bonchev–Trinajstić information content (AvgIpc) is 2.33. The molecule has 0 spiro atoms. The van der Waals surface area contributed by atoms with E-state index in [4.69, 9.17) is 4.74 Å². The summed E-state index contributed by atoms with van der Waals surface area (Å²) in [6.45, 7) is 3.95. The van der Waals surface area contributed by atoms with E-state index in [1.807, 2.05) is 0 Å². The van der Waals surface area contributed by atoms with E-state index in [9.17, 15) is 9.50 Å². The number of methoxy groups -OCH3 is 1. The maximum Gasteiger partial charge on any atom is 0.137 e. The minimum absolute atomic E-state index is 0.287. The Labute approximate surface area is 122 Å². The first-order valence-corrected chi connectivity index (χ1v) is 7.10. The Balaban J connectivity index is 2.42. The van der Waals surface area contributed by atoms with Crippen molar-refractivity contribution in [2.45, 2.75) is 25.4 Å². The number of hydrogen-bond acceptors (Lipinski definition) is 3. The predicted molar refractivity (Wildman–Crippen MR) is 77.8 cm³/mol. The van der Waals surface area contributed by atoms with E-state index in [1.54, 1.807) is 26.2 Å². The Kier molecular flexibility index (Phi) is 6.93. The summed E-state index contributed by atoms with van der Waals surface area (Å²) in [6.07, 6.45) is 1.13. The second-order valence-corrected chi connectivity index (χ2v) is 5.77. The van der Waals surface area contributed by atoms with Gasteiger partial charge in [-0.2, -0.15) is 0 Å².